The Hall–Kier alpha value is -1.80. The summed E-state index contributed by atoms with van der Waals surface area (Å²) in [4.78, 5) is 2.79. The molecule has 2 aliphatic carbocycles. The Morgan fingerprint density at radius 1 is 1.04 bits per heavy atom. The summed E-state index contributed by atoms with van der Waals surface area (Å²) in [5.41, 5.74) is 4.77. The molecule has 0 aromatic heterocycles. The van der Waals surface area contributed by atoms with Gasteiger partial charge in [0, 0.05) is 18.0 Å². The highest BCUT2D eigenvalue weighted by Crippen LogP contribution is 2.56. The molecule has 0 spiro atoms. The van der Waals surface area contributed by atoms with Gasteiger partial charge in [0.05, 0.1) is 0 Å². The highest BCUT2D eigenvalue weighted by atomic mass is 16.3. The molecule has 3 atom stereocenters. The van der Waals surface area contributed by atoms with E-state index in [0.717, 1.165) is 18.8 Å². The van der Waals surface area contributed by atoms with Crippen LogP contribution in [0.5, 0.6) is 5.75 Å². The summed E-state index contributed by atoms with van der Waals surface area (Å²) in [5.74, 6) is 1.22. The van der Waals surface area contributed by atoms with Gasteiger partial charge in [-0.2, -0.15) is 0 Å². The van der Waals surface area contributed by atoms with Crippen LogP contribution in [0.1, 0.15) is 48.8 Å². The molecule has 2 aromatic carbocycles. The molecule has 2 fully saturated rings. The lowest BCUT2D eigenvalue weighted by Crippen LogP contribution is -2.61. The van der Waals surface area contributed by atoms with Crippen molar-refractivity contribution in [2.45, 2.75) is 56.4 Å². The second-order valence-electron chi connectivity index (χ2n) is 8.64. The molecule has 2 nitrogen and oxygen atoms in total. The van der Waals surface area contributed by atoms with E-state index in [1.165, 1.54) is 61.9 Å². The Labute approximate surface area is 156 Å². The molecule has 2 bridgehead atoms. The van der Waals surface area contributed by atoms with Crippen LogP contribution in [0.25, 0.3) is 0 Å². The second-order valence-corrected chi connectivity index (χ2v) is 8.64. The van der Waals surface area contributed by atoms with Gasteiger partial charge in [-0.15, -0.1) is 0 Å². The minimum atomic E-state index is 0.332. The number of rotatable bonds is 3. The van der Waals surface area contributed by atoms with E-state index in [1.807, 2.05) is 6.07 Å². The van der Waals surface area contributed by atoms with Crippen LogP contribution in [0.2, 0.25) is 0 Å². The number of piperidine rings is 1. The lowest BCUT2D eigenvalue weighted by atomic mass is 9.52. The molecule has 3 aliphatic rings. The Kier molecular flexibility index (Phi) is 4.04. The number of likely N-dealkylation sites (tertiary alicyclic amines) is 1. The van der Waals surface area contributed by atoms with Crippen molar-refractivity contribution in [2.75, 3.05) is 13.1 Å². The number of fused-ring (bicyclic) bond motifs is 1. The fourth-order valence-electron chi connectivity index (χ4n) is 6.27. The van der Waals surface area contributed by atoms with Gasteiger partial charge in [0.2, 0.25) is 0 Å². The summed E-state index contributed by atoms with van der Waals surface area (Å²) in [6.45, 7) is 2.39. The Bertz CT molecular complexity index is 786. The Morgan fingerprint density at radius 3 is 2.81 bits per heavy atom. The molecule has 0 unspecified atom stereocenters. The zero-order valence-corrected chi connectivity index (χ0v) is 15.5. The zero-order chi connectivity index (χ0) is 17.6. The number of hydrogen-bond acceptors (Lipinski definition) is 2. The van der Waals surface area contributed by atoms with E-state index in [4.69, 9.17) is 0 Å². The van der Waals surface area contributed by atoms with Gasteiger partial charge in [0.15, 0.2) is 0 Å². The summed E-state index contributed by atoms with van der Waals surface area (Å²) in [6, 6.07) is 17.8. The van der Waals surface area contributed by atoms with Crippen molar-refractivity contribution in [3.05, 3.63) is 65.2 Å². The van der Waals surface area contributed by atoms with Crippen LogP contribution in [-0.4, -0.2) is 29.1 Å². The number of benzene rings is 2. The summed E-state index contributed by atoms with van der Waals surface area (Å²) < 4.78 is 0. The maximum atomic E-state index is 10.1. The molecular formula is C24H29NO. The van der Waals surface area contributed by atoms with Crippen LogP contribution in [0.4, 0.5) is 0 Å². The van der Waals surface area contributed by atoms with E-state index in [0.29, 0.717) is 17.2 Å². The van der Waals surface area contributed by atoms with Crippen molar-refractivity contribution >= 4 is 0 Å². The predicted octanol–water partition coefficient (Wildman–Crippen LogP) is 4.69. The van der Waals surface area contributed by atoms with Crippen molar-refractivity contribution in [1.29, 1.82) is 0 Å². The number of nitrogens with zero attached hydrogens (tertiary/aromatic N) is 1. The van der Waals surface area contributed by atoms with Crippen molar-refractivity contribution in [1.82, 2.24) is 4.90 Å². The van der Waals surface area contributed by atoms with Crippen LogP contribution in [0.15, 0.2) is 48.5 Å². The van der Waals surface area contributed by atoms with Crippen LogP contribution in [0.3, 0.4) is 0 Å². The fourth-order valence-corrected chi connectivity index (χ4v) is 6.27. The summed E-state index contributed by atoms with van der Waals surface area (Å²) in [5, 5.41) is 10.1. The first-order valence-corrected chi connectivity index (χ1v) is 10.4. The third-order valence-electron chi connectivity index (χ3n) is 7.47. The molecule has 136 valence electrons. The van der Waals surface area contributed by atoms with Crippen molar-refractivity contribution in [3.8, 4) is 5.75 Å². The van der Waals surface area contributed by atoms with Crippen LogP contribution >= 0.6 is 0 Å². The SMILES string of the molecule is Oc1ccc2c(c1)[C@@]13CCCC[C@@H]1[C@@H](C2)N(CCc1ccccc1)CC3. The maximum absolute atomic E-state index is 10.1. The molecule has 26 heavy (non-hydrogen) atoms. The first kappa shape index (κ1) is 16.4. The Balaban J connectivity index is 1.45. The van der Waals surface area contributed by atoms with E-state index in [1.54, 1.807) is 0 Å². The van der Waals surface area contributed by atoms with Gasteiger partial charge >= 0.3 is 0 Å². The first-order chi connectivity index (χ1) is 12.8. The third kappa shape index (κ3) is 2.58. The molecule has 1 N–H and O–H groups in total. The third-order valence-corrected chi connectivity index (χ3v) is 7.47. The normalized spacial score (nSPS) is 30.5. The van der Waals surface area contributed by atoms with Gasteiger partial charge in [0.25, 0.3) is 0 Å². The number of phenolic OH excluding ortho intramolecular Hbond substituents is 1. The van der Waals surface area contributed by atoms with Crippen LogP contribution in [-0.2, 0) is 18.3 Å². The topological polar surface area (TPSA) is 23.5 Å². The highest BCUT2D eigenvalue weighted by Gasteiger charge is 2.53. The number of aromatic hydroxyl groups is 1. The number of phenols is 1. The van der Waals surface area contributed by atoms with Gasteiger partial charge in [-0.05, 0) is 73.4 Å². The van der Waals surface area contributed by atoms with Crippen LogP contribution in [0, 0.1) is 5.92 Å². The standard InChI is InChI=1S/C24H29NO/c26-20-10-9-19-16-23-21-8-4-5-12-24(21,22(19)17-20)13-15-25(23)14-11-18-6-2-1-3-7-18/h1-3,6-7,9-10,17,21,23,26H,4-5,8,11-16H2/t21-,23-,24-/m1/s1. The van der Waals surface area contributed by atoms with E-state index >= 15 is 0 Å². The molecule has 1 saturated carbocycles. The van der Waals surface area contributed by atoms with Gasteiger partial charge in [0.1, 0.15) is 5.75 Å². The van der Waals surface area contributed by atoms with E-state index < -0.39 is 0 Å². The summed E-state index contributed by atoms with van der Waals surface area (Å²) in [6.07, 6.45) is 8.99. The van der Waals surface area contributed by atoms with Crippen LogP contribution < -0.4 is 0 Å². The van der Waals surface area contributed by atoms with E-state index in [9.17, 15) is 5.11 Å². The smallest absolute Gasteiger partial charge is 0.115 e. The fraction of sp³-hybridized carbons (Fsp3) is 0.500. The van der Waals surface area contributed by atoms with Crippen molar-refractivity contribution in [3.63, 3.8) is 0 Å². The lowest BCUT2D eigenvalue weighted by molar-refractivity contribution is -0.0106. The van der Waals surface area contributed by atoms with Gasteiger partial charge in [-0.3, -0.25) is 4.90 Å². The summed E-state index contributed by atoms with van der Waals surface area (Å²) >= 11 is 0. The highest BCUT2D eigenvalue weighted by molar-refractivity contribution is 5.45. The molecule has 0 amide bonds. The average molecular weight is 348 g/mol. The molecule has 5 rings (SSSR count). The van der Waals surface area contributed by atoms with Crippen molar-refractivity contribution in [2.24, 2.45) is 5.92 Å². The minimum absolute atomic E-state index is 0.332. The Morgan fingerprint density at radius 2 is 1.92 bits per heavy atom. The summed E-state index contributed by atoms with van der Waals surface area (Å²) in [7, 11) is 0. The lowest BCUT2D eigenvalue weighted by Gasteiger charge is -2.59. The molecule has 0 radical (unpaired) electrons. The van der Waals surface area contributed by atoms with Gasteiger partial charge < -0.3 is 5.11 Å². The van der Waals surface area contributed by atoms with E-state index in [2.05, 4.69) is 47.4 Å². The number of hydrogen-bond donors (Lipinski definition) is 1. The molecule has 2 aromatic rings. The predicted molar refractivity (Wildman–Crippen MR) is 106 cm³/mol. The molecule has 1 aliphatic heterocycles. The zero-order valence-electron chi connectivity index (χ0n) is 15.5. The van der Waals surface area contributed by atoms with Crippen molar-refractivity contribution < 1.29 is 5.11 Å². The second kappa shape index (κ2) is 6.42. The van der Waals surface area contributed by atoms with Gasteiger partial charge in [-0.1, -0.05) is 49.2 Å². The minimum Gasteiger partial charge on any atom is -0.508 e. The first-order valence-electron chi connectivity index (χ1n) is 10.4. The monoisotopic (exact) mass is 347 g/mol. The molecule has 1 saturated heterocycles. The quantitative estimate of drug-likeness (QED) is 0.870. The molecular weight excluding hydrogens is 318 g/mol. The van der Waals surface area contributed by atoms with E-state index in [-0.39, 0.29) is 0 Å². The largest absolute Gasteiger partial charge is 0.508 e. The average Bonchev–Trinajstić information content (AvgIpc) is 2.69. The maximum Gasteiger partial charge on any atom is 0.115 e. The van der Waals surface area contributed by atoms with Gasteiger partial charge in [-0.25, -0.2) is 0 Å². The molecule has 2 heteroatoms. The molecule has 1 heterocycles.